The van der Waals surface area contributed by atoms with Crippen LogP contribution in [0.5, 0.6) is 0 Å². The van der Waals surface area contributed by atoms with Crippen molar-refractivity contribution in [3.8, 4) is 6.07 Å². The van der Waals surface area contributed by atoms with Gasteiger partial charge in [0.25, 0.3) is 0 Å². The first-order valence-corrected chi connectivity index (χ1v) is 3.59. The van der Waals surface area contributed by atoms with Gasteiger partial charge in [0.15, 0.2) is 0 Å². The Balaban J connectivity index is 3.01. The fraction of sp³-hybridized carbons (Fsp3) is 0.333. The highest BCUT2D eigenvalue weighted by Crippen LogP contribution is 2.10. The van der Waals surface area contributed by atoms with E-state index in [1.54, 1.807) is 10.8 Å². The molecule has 0 aromatic carbocycles. The molecule has 52 valence electrons. The molecule has 0 saturated carbocycles. The first-order valence-electron chi connectivity index (χ1n) is 2.80. The lowest BCUT2D eigenvalue weighted by molar-refractivity contribution is 0.773. The summed E-state index contributed by atoms with van der Waals surface area (Å²) in [5.74, 6) is 0.855. The van der Waals surface area contributed by atoms with Gasteiger partial charge in [-0.05, 0) is 22.9 Å². The van der Waals surface area contributed by atoms with Crippen molar-refractivity contribution in [3.63, 3.8) is 0 Å². The Hall–Kier alpha value is -0.820. The van der Waals surface area contributed by atoms with Crippen LogP contribution in [-0.2, 0) is 6.54 Å². The van der Waals surface area contributed by atoms with Gasteiger partial charge in [-0.3, -0.25) is 0 Å². The highest BCUT2D eigenvalue weighted by atomic mass is 79.9. The lowest BCUT2D eigenvalue weighted by Gasteiger charge is -1.97. The third-order valence-electron chi connectivity index (χ3n) is 1.24. The molecule has 0 amide bonds. The molecule has 0 spiro atoms. The second-order valence-electron chi connectivity index (χ2n) is 1.87. The molecule has 0 saturated heterocycles. The van der Waals surface area contributed by atoms with Gasteiger partial charge in [-0.2, -0.15) is 5.26 Å². The van der Waals surface area contributed by atoms with Gasteiger partial charge in [-0.1, -0.05) is 0 Å². The molecule has 0 fully saturated rings. The summed E-state index contributed by atoms with van der Waals surface area (Å²) in [6.45, 7) is 2.22. The number of halogens is 1. The summed E-state index contributed by atoms with van der Waals surface area (Å²) in [7, 11) is 0. The minimum atomic E-state index is 0.354. The van der Waals surface area contributed by atoms with Gasteiger partial charge in [0, 0.05) is 0 Å². The van der Waals surface area contributed by atoms with Crippen LogP contribution in [0.4, 0.5) is 0 Å². The molecule has 0 N–H and O–H groups in total. The molecule has 1 rings (SSSR count). The first-order chi connectivity index (χ1) is 4.75. The minimum Gasteiger partial charge on any atom is -0.309 e. The largest absolute Gasteiger partial charge is 0.309 e. The molecule has 10 heavy (non-hydrogen) atoms. The summed E-state index contributed by atoms with van der Waals surface area (Å²) in [5.41, 5.74) is 0. The number of hydrogen-bond acceptors (Lipinski definition) is 2. The normalized spacial score (nSPS) is 9.30. The van der Waals surface area contributed by atoms with E-state index >= 15 is 0 Å². The number of hydrogen-bond donors (Lipinski definition) is 0. The maximum atomic E-state index is 8.37. The zero-order valence-corrected chi connectivity index (χ0v) is 7.09. The molecule has 0 radical (unpaired) electrons. The van der Waals surface area contributed by atoms with Crippen LogP contribution >= 0.6 is 15.9 Å². The van der Waals surface area contributed by atoms with Crippen molar-refractivity contribution in [1.82, 2.24) is 9.55 Å². The van der Waals surface area contributed by atoms with Gasteiger partial charge in [0.05, 0.1) is 12.3 Å². The summed E-state index contributed by atoms with van der Waals surface area (Å²) >= 11 is 3.27. The third-order valence-corrected chi connectivity index (χ3v) is 1.87. The SMILES string of the molecule is Cc1ncc(Br)n1CC#N. The van der Waals surface area contributed by atoms with E-state index in [1.165, 1.54) is 0 Å². The summed E-state index contributed by atoms with van der Waals surface area (Å²) in [4.78, 5) is 4.00. The van der Waals surface area contributed by atoms with Gasteiger partial charge in [0.2, 0.25) is 0 Å². The van der Waals surface area contributed by atoms with Crippen molar-refractivity contribution in [2.24, 2.45) is 0 Å². The Labute approximate surface area is 67.4 Å². The van der Waals surface area contributed by atoms with Crippen LogP contribution in [0, 0.1) is 18.3 Å². The average molecular weight is 200 g/mol. The van der Waals surface area contributed by atoms with E-state index in [1.807, 2.05) is 13.0 Å². The van der Waals surface area contributed by atoms with Crippen molar-refractivity contribution in [3.05, 3.63) is 16.6 Å². The fourth-order valence-electron chi connectivity index (χ4n) is 0.701. The predicted octanol–water partition coefficient (Wildman–Crippen LogP) is 1.48. The monoisotopic (exact) mass is 199 g/mol. The van der Waals surface area contributed by atoms with Crippen molar-refractivity contribution in [1.29, 1.82) is 5.26 Å². The van der Waals surface area contributed by atoms with E-state index in [2.05, 4.69) is 20.9 Å². The molecule has 0 aliphatic carbocycles. The van der Waals surface area contributed by atoms with E-state index in [9.17, 15) is 0 Å². The Bertz CT molecular complexity index is 252. The van der Waals surface area contributed by atoms with Crippen LogP contribution in [0.3, 0.4) is 0 Å². The van der Waals surface area contributed by atoms with Crippen molar-refractivity contribution >= 4 is 15.9 Å². The smallest absolute Gasteiger partial charge is 0.112 e. The highest BCUT2D eigenvalue weighted by molar-refractivity contribution is 9.10. The summed E-state index contributed by atoms with van der Waals surface area (Å²) in [6, 6.07) is 2.04. The third kappa shape index (κ3) is 1.19. The topological polar surface area (TPSA) is 41.6 Å². The van der Waals surface area contributed by atoms with E-state index in [4.69, 9.17) is 5.26 Å². The molecular weight excluding hydrogens is 194 g/mol. The molecule has 1 aromatic heterocycles. The molecular formula is C6H6BrN3. The number of imidazole rings is 1. The maximum Gasteiger partial charge on any atom is 0.112 e. The van der Waals surface area contributed by atoms with E-state index in [-0.39, 0.29) is 0 Å². The molecule has 1 aromatic rings. The van der Waals surface area contributed by atoms with Crippen molar-refractivity contribution in [2.75, 3.05) is 0 Å². The maximum absolute atomic E-state index is 8.37. The lowest BCUT2D eigenvalue weighted by atomic mass is 10.6. The number of nitriles is 1. The van der Waals surface area contributed by atoms with Gasteiger partial charge < -0.3 is 4.57 Å². The van der Waals surface area contributed by atoms with E-state index in [0.29, 0.717) is 6.54 Å². The average Bonchev–Trinajstić information content (AvgIpc) is 2.20. The molecule has 0 aliphatic heterocycles. The first kappa shape index (κ1) is 7.29. The van der Waals surface area contributed by atoms with Gasteiger partial charge >= 0.3 is 0 Å². The fourth-order valence-corrected chi connectivity index (χ4v) is 1.19. The number of aryl methyl sites for hydroxylation is 1. The Morgan fingerprint density at radius 1 is 1.90 bits per heavy atom. The molecule has 4 heteroatoms. The Kier molecular flexibility index (Phi) is 2.07. The highest BCUT2D eigenvalue weighted by Gasteiger charge is 2.00. The molecule has 0 aliphatic rings. The second-order valence-corrected chi connectivity index (χ2v) is 2.68. The van der Waals surface area contributed by atoms with Crippen molar-refractivity contribution in [2.45, 2.75) is 13.5 Å². The van der Waals surface area contributed by atoms with Crippen molar-refractivity contribution < 1.29 is 0 Å². The zero-order valence-electron chi connectivity index (χ0n) is 5.50. The van der Waals surface area contributed by atoms with E-state index in [0.717, 1.165) is 10.4 Å². The number of nitrogens with zero attached hydrogens (tertiary/aromatic N) is 3. The van der Waals surface area contributed by atoms with Crippen LogP contribution < -0.4 is 0 Å². The lowest BCUT2D eigenvalue weighted by Crippen LogP contribution is -1.97. The summed E-state index contributed by atoms with van der Waals surface area (Å²) < 4.78 is 2.64. The predicted molar refractivity (Wildman–Crippen MR) is 40.3 cm³/mol. The Morgan fingerprint density at radius 2 is 2.60 bits per heavy atom. The number of aromatic nitrogens is 2. The van der Waals surface area contributed by atoms with Gasteiger partial charge in [-0.25, -0.2) is 4.98 Å². The molecule has 0 bridgehead atoms. The number of rotatable bonds is 1. The van der Waals surface area contributed by atoms with Crippen LogP contribution in [0.2, 0.25) is 0 Å². The Morgan fingerprint density at radius 3 is 3.00 bits per heavy atom. The molecule has 3 nitrogen and oxygen atoms in total. The molecule has 0 unspecified atom stereocenters. The van der Waals surface area contributed by atoms with Crippen LogP contribution in [-0.4, -0.2) is 9.55 Å². The molecule has 1 heterocycles. The summed E-state index contributed by atoms with van der Waals surface area (Å²) in [5, 5.41) is 8.37. The van der Waals surface area contributed by atoms with Crippen LogP contribution in [0.15, 0.2) is 10.8 Å². The van der Waals surface area contributed by atoms with Gasteiger partial charge in [0.1, 0.15) is 17.0 Å². The van der Waals surface area contributed by atoms with E-state index < -0.39 is 0 Å². The van der Waals surface area contributed by atoms with Crippen LogP contribution in [0.1, 0.15) is 5.82 Å². The standard InChI is InChI=1S/C6H6BrN3/c1-5-9-4-6(7)10(5)3-2-8/h4H,3H2,1H3. The minimum absolute atomic E-state index is 0.354. The van der Waals surface area contributed by atoms with Crippen LogP contribution in [0.25, 0.3) is 0 Å². The quantitative estimate of drug-likeness (QED) is 0.688. The molecule has 0 atom stereocenters. The van der Waals surface area contributed by atoms with Gasteiger partial charge in [-0.15, -0.1) is 0 Å². The second kappa shape index (κ2) is 2.84. The zero-order chi connectivity index (χ0) is 7.56. The summed E-state index contributed by atoms with van der Waals surface area (Å²) in [6.07, 6.45) is 1.69.